The first-order chi connectivity index (χ1) is 11.7. The zero-order valence-corrected chi connectivity index (χ0v) is 14.4. The van der Waals surface area contributed by atoms with Crippen molar-refractivity contribution in [2.75, 3.05) is 18.9 Å². The first kappa shape index (κ1) is 15.1. The second-order valence-electron chi connectivity index (χ2n) is 5.66. The molecule has 0 bridgehead atoms. The number of aryl methyl sites for hydroxylation is 1. The van der Waals surface area contributed by atoms with Crippen LogP contribution in [0.3, 0.4) is 0 Å². The van der Waals surface area contributed by atoms with Crippen molar-refractivity contribution in [1.29, 1.82) is 0 Å². The van der Waals surface area contributed by atoms with E-state index in [9.17, 15) is 0 Å². The van der Waals surface area contributed by atoms with E-state index in [-0.39, 0.29) is 0 Å². The van der Waals surface area contributed by atoms with Crippen molar-refractivity contribution >= 4 is 34.8 Å². The van der Waals surface area contributed by atoms with Crippen molar-refractivity contribution in [1.82, 2.24) is 20.8 Å². The van der Waals surface area contributed by atoms with Crippen LogP contribution in [-0.4, -0.2) is 29.4 Å². The smallest absolute Gasteiger partial charge is 0.267 e. The lowest BCUT2D eigenvalue weighted by Crippen LogP contribution is -2.29. The predicted octanol–water partition coefficient (Wildman–Crippen LogP) is -0.00848. The monoisotopic (exact) mass is 342 g/mol. The molecule has 7 nitrogen and oxygen atoms in total. The molecule has 0 saturated carbocycles. The van der Waals surface area contributed by atoms with Crippen LogP contribution < -0.4 is 26.0 Å². The minimum atomic E-state index is 0.500. The van der Waals surface area contributed by atoms with Gasteiger partial charge in [-0.2, -0.15) is 4.99 Å². The molecule has 0 saturated heterocycles. The molecule has 0 atom stereocenters. The van der Waals surface area contributed by atoms with E-state index in [1.165, 1.54) is 22.5 Å². The van der Waals surface area contributed by atoms with Gasteiger partial charge < -0.3 is 15.5 Å². The van der Waals surface area contributed by atoms with Crippen LogP contribution >= 0.6 is 11.3 Å². The number of nitrogens with zero attached hydrogens (tertiary/aromatic N) is 3. The van der Waals surface area contributed by atoms with Crippen LogP contribution in [0.25, 0.3) is 12.5 Å². The van der Waals surface area contributed by atoms with Crippen LogP contribution in [0, 0.1) is 6.92 Å². The number of hydrogen-bond acceptors (Lipinski definition) is 8. The number of aliphatic imine (C=N–C) groups is 1. The lowest BCUT2D eigenvalue weighted by Gasteiger charge is -2.20. The number of rotatable bonds is 2. The molecule has 0 radical (unpaired) electrons. The summed E-state index contributed by atoms with van der Waals surface area (Å²) in [6, 6.07) is 0. The van der Waals surface area contributed by atoms with Crippen LogP contribution in [0.1, 0.15) is 22.4 Å². The zero-order chi connectivity index (χ0) is 16.7. The molecule has 124 valence electrons. The third-order valence-corrected chi connectivity index (χ3v) is 5.24. The molecule has 2 aliphatic rings. The van der Waals surface area contributed by atoms with Crippen LogP contribution in [0.5, 0.6) is 0 Å². The molecule has 2 aromatic rings. The Morgan fingerprint density at radius 2 is 2.29 bits per heavy atom. The summed E-state index contributed by atoms with van der Waals surface area (Å²) in [7, 11) is 1.83. The molecule has 0 amide bonds. The number of aromatic nitrogens is 2. The Balaban J connectivity index is 1.85. The number of hydrogen-bond donors (Lipinski definition) is 3. The molecule has 2 aliphatic heterocycles. The van der Waals surface area contributed by atoms with Gasteiger partial charge in [0.2, 0.25) is 0 Å². The molecule has 2 aromatic heterocycles. The maximum atomic E-state index is 5.61. The van der Waals surface area contributed by atoms with E-state index in [2.05, 4.69) is 37.7 Å². The molecule has 0 spiro atoms. The summed E-state index contributed by atoms with van der Waals surface area (Å²) < 4.78 is 0.818. The van der Waals surface area contributed by atoms with Gasteiger partial charge in [-0.05, 0) is 31.0 Å². The number of amidine groups is 1. The Kier molecular flexibility index (Phi) is 3.70. The molecule has 24 heavy (non-hydrogen) atoms. The summed E-state index contributed by atoms with van der Waals surface area (Å²) in [5, 5.41) is 7.83. The standard InChI is InChI=1S/C16H18N6OS/c1-8-12(11-4-5-18-6-10(11)7-19-8)14-21-15(23-22-14)13-9(2)20-16(17-3)24-13/h7,18H,2,4-6H2,1,3H3,(H,17,20)(H,21,22). The van der Waals surface area contributed by atoms with E-state index in [0.717, 1.165) is 40.4 Å². The van der Waals surface area contributed by atoms with Crippen molar-refractivity contribution in [2.45, 2.75) is 19.9 Å². The first-order valence-electron chi connectivity index (χ1n) is 7.75. The molecular weight excluding hydrogens is 324 g/mol. The molecule has 0 unspecified atom stereocenters. The lowest BCUT2D eigenvalue weighted by atomic mass is 9.95. The van der Waals surface area contributed by atoms with E-state index >= 15 is 0 Å². The fourth-order valence-electron chi connectivity index (χ4n) is 2.96. The Labute approximate surface area is 143 Å². The fourth-order valence-corrected chi connectivity index (χ4v) is 3.75. The highest BCUT2D eigenvalue weighted by atomic mass is 32.1. The molecule has 0 aromatic carbocycles. The largest absolute Gasteiger partial charge is 0.365 e. The average Bonchev–Trinajstić information content (AvgIpc) is 3.21. The fraction of sp³-hybridized carbons (Fsp3) is 0.312. The van der Waals surface area contributed by atoms with Crippen molar-refractivity contribution in [3.8, 4) is 0 Å². The summed E-state index contributed by atoms with van der Waals surface area (Å²) in [6.45, 7) is 7.75. The van der Waals surface area contributed by atoms with Crippen LogP contribution in [-0.2, 0) is 17.8 Å². The number of pyridine rings is 1. The lowest BCUT2D eigenvalue weighted by molar-refractivity contribution is 0.230. The second kappa shape index (κ2) is 5.88. The molecule has 3 N–H and O–H groups in total. The summed E-state index contributed by atoms with van der Waals surface area (Å²) in [6.07, 6.45) is 2.90. The highest BCUT2D eigenvalue weighted by Crippen LogP contribution is 2.23. The maximum absolute atomic E-state index is 5.61. The number of thiazole rings is 1. The molecule has 4 rings (SSSR count). The average molecular weight is 342 g/mol. The highest BCUT2D eigenvalue weighted by molar-refractivity contribution is 7.13. The van der Waals surface area contributed by atoms with Crippen LogP contribution in [0.4, 0.5) is 5.13 Å². The van der Waals surface area contributed by atoms with Crippen molar-refractivity contribution in [3.05, 3.63) is 38.5 Å². The van der Waals surface area contributed by atoms with Gasteiger partial charge in [-0.1, -0.05) is 17.9 Å². The predicted molar refractivity (Wildman–Crippen MR) is 95.0 cm³/mol. The summed E-state index contributed by atoms with van der Waals surface area (Å²) >= 11 is 1.47. The third-order valence-electron chi connectivity index (χ3n) is 4.13. The van der Waals surface area contributed by atoms with E-state index in [1.807, 2.05) is 20.2 Å². The SMILES string of the molecule is C=c1nc(NC)sc1=C1N=C(c2c(C)ncc3c2CCNC3)NO1. The molecule has 0 fully saturated rings. The van der Waals surface area contributed by atoms with Gasteiger partial charge in [0, 0.05) is 31.0 Å². The Hall–Kier alpha value is -2.45. The van der Waals surface area contributed by atoms with Gasteiger partial charge in [-0.15, -0.1) is 0 Å². The van der Waals surface area contributed by atoms with Crippen LogP contribution in [0.15, 0.2) is 11.2 Å². The van der Waals surface area contributed by atoms with Crippen molar-refractivity contribution in [3.63, 3.8) is 0 Å². The van der Waals surface area contributed by atoms with Crippen molar-refractivity contribution < 1.29 is 4.84 Å². The third kappa shape index (κ3) is 2.44. The molecule has 8 heteroatoms. The number of anilines is 1. The van der Waals surface area contributed by atoms with Crippen molar-refractivity contribution in [2.24, 2.45) is 4.99 Å². The number of fused-ring (bicyclic) bond motifs is 1. The Bertz CT molecular complexity index is 948. The van der Waals surface area contributed by atoms with E-state index in [4.69, 9.17) is 4.84 Å². The maximum Gasteiger partial charge on any atom is 0.267 e. The molecule has 0 aliphatic carbocycles. The second-order valence-corrected chi connectivity index (χ2v) is 6.66. The number of hydroxylamine groups is 1. The summed E-state index contributed by atoms with van der Waals surface area (Å²) in [5.41, 5.74) is 7.43. The van der Waals surface area contributed by atoms with Crippen LogP contribution in [0.2, 0.25) is 0 Å². The summed E-state index contributed by atoms with van der Waals surface area (Å²) in [5.74, 6) is 1.20. The highest BCUT2D eigenvalue weighted by Gasteiger charge is 2.24. The minimum Gasteiger partial charge on any atom is -0.365 e. The normalized spacial score (nSPS) is 18.5. The van der Waals surface area contributed by atoms with E-state index < -0.39 is 0 Å². The van der Waals surface area contributed by atoms with Gasteiger partial charge in [-0.3, -0.25) is 4.98 Å². The van der Waals surface area contributed by atoms with Gasteiger partial charge >= 0.3 is 0 Å². The van der Waals surface area contributed by atoms with Gasteiger partial charge in [0.05, 0.1) is 5.35 Å². The topological polar surface area (TPSA) is 83.5 Å². The Morgan fingerprint density at radius 3 is 3.08 bits per heavy atom. The van der Waals surface area contributed by atoms with Gasteiger partial charge in [0.1, 0.15) is 4.53 Å². The number of nitrogens with one attached hydrogen (secondary N) is 3. The van der Waals surface area contributed by atoms with Gasteiger partial charge in [-0.25, -0.2) is 10.5 Å². The first-order valence-corrected chi connectivity index (χ1v) is 8.57. The molecular formula is C16H18N6OS. The Morgan fingerprint density at radius 1 is 1.42 bits per heavy atom. The molecule has 4 heterocycles. The minimum absolute atomic E-state index is 0.500. The van der Waals surface area contributed by atoms with E-state index in [0.29, 0.717) is 17.1 Å². The summed E-state index contributed by atoms with van der Waals surface area (Å²) in [4.78, 5) is 19.1. The zero-order valence-electron chi connectivity index (χ0n) is 13.6. The van der Waals surface area contributed by atoms with Gasteiger partial charge in [0.15, 0.2) is 11.0 Å². The van der Waals surface area contributed by atoms with Gasteiger partial charge in [0.25, 0.3) is 5.88 Å². The quantitative estimate of drug-likeness (QED) is 0.712. The van der Waals surface area contributed by atoms with E-state index in [1.54, 1.807) is 0 Å².